The van der Waals surface area contributed by atoms with Crippen molar-refractivity contribution >= 4 is 11.9 Å². The Labute approximate surface area is 152 Å². The molecule has 0 N–H and O–H groups in total. The summed E-state index contributed by atoms with van der Waals surface area (Å²) in [5.41, 5.74) is 0.614. The second-order valence-electron chi connectivity index (χ2n) is 8.04. The quantitative estimate of drug-likeness (QED) is 0.769. The Morgan fingerprint density at radius 3 is 2.76 bits per heavy atom. The van der Waals surface area contributed by atoms with Crippen LogP contribution in [0.1, 0.15) is 72.4 Å². The van der Waals surface area contributed by atoms with Crippen LogP contribution in [-0.4, -0.2) is 40.7 Å². The lowest BCUT2D eigenvalue weighted by Crippen LogP contribution is -2.39. The van der Waals surface area contributed by atoms with Crippen LogP contribution in [0.4, 0.5) is 10.6 Å². The molecule has 5 nitrogen and oxygen atoms in total. The Kier molecular flexibility index (Phi) is 6.44. The van der Waals surface area contributed by atoms with Crippen LogP contribution in [-0.2, 0) is 4.74 Å². The van der Waals surface area contributed by atoms with Gasteiger partial charge in [-0.1, -0.05) is 13.0 Å². The van der Waals surface area contributed by atoms with Gasteiger partial charge in [0.05, 0.1) is 0 Å². The minimum absolute atomic E-state index is 0.311. The minimum atomic E-state index is -0.519. The molecule has 2 rings (SSSR count). The third-order valence-electron chi connectivity index (χ3n) is 4.45. The summed E-state index contributed by atoms with van der Waals surface area (Å²) < 4.78 is 5.63. The maximum atomic E-state index is 12.8. The number of rotatable bonds is 5. The van der Waals surface area contributed by atoms with Crippen molar-refractivity contribution in [2.24, 2.45) is 0 Å². The molecule has 2 heterocycles. The Bertz CT molecular complexity index is 581. The van der Waals surface area contributed by atoms with Crippen molar-refractivity contribution in [3.63, 3.8) is 0 Å². The van der Waals surface area contributed by atoms with E-state index in [-0.39, 0.29) is 6.09 Å². The van der Waals surface area contributed by atoms with Crippen LogP contribution in [0.3, 0.4) is 0 Å². The lowest BCUT2D eigenvalue weighted by Gasteiger charge is -2.32. The molecule has 1 amide bonds. The fraction of sp³-hybridized carbons (Fsp3) is 0.700. The Morgan fingerprint density at radius 2 is 2.16 bits per heavy atom. The van der Waals surface area contributed by atoms with Crippen molar-refractivity contribution in [3.8, 4) is 0 Å². The molecular formula is C20H33N3O2. The molecule has 0 unspecified atom stereocenters. The third-order valence-corrected chi connectivity index (χ3v) is 4.45. The number of anilines is 1. The first-order chi connectivity index (χ1) is 11.7. The molecule has 140 valence electrons. The molecule has 0 bridgehead atoms. The van der Waals surface area contributed by atoms with E-state index in [2.05, 4.69) is 36.7 Å². The number of likely N-dealkylation sites (tertiary alicyclic amines) is 1. The first-order valence-electron chi connectivity index (χ1n) is 9.45. The molecule has 0 radical (unpaired) electrons. The van der Waals surface area contributed by atoms with Crippen molar-refractivity contribution in [2.45, 2.75) is 78.5 Å². The van der Waals surface area contributed by atoms with E-state index in [0.717, 1.165) is 30.8 Å². The van der Waals surface area contributed by atoms with E-state index in [9.17, 15) is 4.79 Å². The van der Waals surface area contributed by atoms with Gasteiger partial charge in [-0.2, -0.15) is 0 Å². The zero-order valence-electron chi connectivity index (χ0n) is 16.6. The molecule has 0 saturated carbocycles. The molecule has 1 fully saturated rings. The number of hydrogen-bond donors (Lipinski definition) is 0. The normalized spacial score (nSPS) is 18.6. The predicted octanol–water partition coefficient (Wildman–Crippen LogP) is 4.78. The maximum absolute atomic E-state index is 12.8. The SMILES string of the molecule is CCCN(C(=O)OC(C)(C)C)c1ncccc1[C@H]1CCCN1C(C)C. The second kappa shape index (κ2) is 8.17. The molecule has 25 heavy (non-hydrogen) atoms. The van der Waals surface area contributed by atoms with Crippen LogP contribution in [0.2, 0.25) is 0 Å². The highest BCUT2D eigenvalue weighted by Gasteiger charge is 2.33. The standard InChI is InChI=1S/C20H33N3O2/c1-7-13-23(19(24)25-20(4,5)6)18-16(10-8-12-21-18)17-11-9-14-22(17)15(2)3/h8,10,12,15,17H,7,9,11,13-14H2,1-6H3/t17-/m1/s1. The highest BCUT2D eigenvalue weighted by molar-refractivity contribution is 5.87. The smallest absolute Gasteiger partial charge is 0.416 e. The zero-order chi connectivity index (χ0) is 18.6. The first kappa shape index (κ1) is 19.7. The summed E-state index contributed by atoms with van der Waals surface area (Å²) in [7, 11) is 0. The molecule has 1 aromatic rings. The van der Waals surface area contributed by atoms with Crippen molar-refractivity contribution in [1.82, 2.24) is 9.88 Å². The van der Waals surface area contributed by atoms with E-state index < -0.39 is 5.60 Å². The number of carbonyl (C=O) groups excluding carboxylic acids is 1. The van der Waals surface area contributed by atoms with Gasteiger partial charge < -0.3 is 4.74 Å². The van der Waals surface area contributed by atoms with Gasteiger partial charge in [-0.15, -0.1) is 0 Å². The summed E-state index contributed by atoms with van der Waals surface area (Å²) in [5.74, 6) is 0.746. The Balaban J connectivity index is 2.37. The topological polar surface area (TPSA) is 45.7 Å². The number of carbonyl (C=O) groups is 1. The average molecular weight is 348 g/mol. The lowest BCUT2D eigenvalue weighted by molar-refractivity contribution is 0.0578. The molecule has 1 atom stereocenters. The minimum Gasteiger partial charge on any atom is -0.443 e. The van der Waals surface area contributed by atoms with E-state index >= 15 is 0 Å². The van der Waals surface area contributed by atoms with Crippen LogP contribution in [0, 0.1) is 0 Å². The van der Waals surface area contributed by atoms with Crippen molar-refractivity contribution in [3.05, 3.63) is 23.9 Å². The van der Waals surface area contributed by atoms with Crippen LogP contribution in [0.25, 0.3) is 0 Å². The molecule has 5 heteroatoms. The summed E-state index contributed by atoms with van der Waals surface area (Å²) >= 11 is 0. The van der Waals surface area contributed by atoms with E-state index in [1.807, 2.05) is 26.8 Å². The molecule has 0 aliphatic carbocycles. The molecule has 0 spiro atoms. The number of nitrogens with zero attached hydrogens (tertiary/aromatic N) is 3. The number of ether oxygens (including phenoxy) is 1. The lowest BCUT2D eigenvalue weighted by atomic mass is 10.0. The number of hydrogen-bond acceptors (Lipinski definition) is 4. The maximum Gasteiger partial charge on any atom is 0.416 e. The summed E-state index contributed by atoms with van der Waals surface area (Å²) in [4.78, 5) is 21.6. The number of amides is 1. The Hall–Kier alpha value is -1.62. The van der Waals surface area contributed by atoms with Crippen LogP contribution in [0.15, 0.2) is 18.3 Å². The molecule has 0 aromatic carbocycles. The van der Waals surface area contributed by atoms with Gasteiger partial charge in [0.25, 0.3) is 0 Å². The van der Waals surface area contributed by atoms with Crippen molar-refractivity contribution < 1.29 is 9.53 Å². The highest BCUT2D eigenvalue weighted by atomic mass is 16.6. The molecule has 1 aromatic heterocycles. The van der Waals surface area contributed by atoms with Crippen molar-refractivity contribution in [2.75, 3.05) is 18.0 Å². The zero-order valence-corrected chi connectivity index (χ0v) is 16.6. The van der Waals surface area contributed by atoms with Gasteiger partial charge in [-0.3, -0.25) is 9.80 Å². The summed E-state index contributed by atoms with van der Waals surface area (Å²) in [6, 6.07) is 4.86. The summed E-state index contributed by atoms with van der Waals surface area (Å²) in [6.07, 6.45) is 4.58. The number of aromatic nitrogens is 1. The third kappa shape index (κ3) is 4.94. The van der Waals surface area contributed by atoms with Crippen LogP contribution >= 0.6 is 0 Å². The van der Waals surface area contributed by atoms with E-state index in [1.165, 1.54) is 6.42 Å². The van der Waals surface area contributed by atoms with Gasteiger partial charge in [0.2, 0.25) is 0 Å². The van der Waals surface area contributed by atoms with Crippen LogP contribution in [0.5, 0.6) is 0 Å². The van der Waals surface area contributed by atoms with Gasteiger partial charge in [0, 0.05) is 30.4 Å². The fourth-order valence-corrected chi connectivity index (χ4v) is 3.46. The molecule has 1 aliphatic heterocycles. The van der Waals surface area contributed by atoms with E-state index in [1.54, 1.807) is 11.1 Å². The van der Waals surface area contributed by atoms with Gasteiger partial charge in [0.15, 0.2) is 0 Å². The van der Waals surface area contributed by atoms with Gasteiger partial charge in [-0.05, 0) is 66.5 Å². The van der Waals surface area contributed by atoms with Gasteiger partial charge in [-0.25, -0.2) is 9.78 Å². The molecule has 1 saturated heterocycles. The summed E-state index contributed by atoms with van der Waals surface area (Å²) in [6.45, 7) is 13.9. The van der Waals surface area contributed by atoms with Crippen LogP contribution < -0.4 is 4.90 Å². The largest absolute Gasteiger partial charge is 0.443 e. The Morgan fingerprint density at radius 1 is 1.44 bits per heavy atom. The van der Waals surface area contributed by atoms with Gasteiger partial charge in [0.1, 0.15) is 11.4 Å². The van der Waals surface area contributed by atoms with E-state index in [4.69, 9.17) is 4.74 Å². The second-order valence-corrected chi connectivity index (χ2v) is 8.04. The molecular weight excluding hydrogens is 314 g/mol. The first-order valence-corrected chi connectivity index (χ1v) is 9.45. The van der Waals surface area contributed by atoms with Gasteiger partial charge >= 0.3 is 6.09 Å². The highest BCUT2D eigenvalue weighted by Crippen LogP contribution is 2.37. The monoisotopic (exact) mass is 347 g/mol. The summed E-state index contributed by atoms with van der Waals surface area (Å²) in [5, 5.41) is 0. The van der Waals surface area contributed by atoms with E-state index in [0.29, 0.717) is 18.6 Å². The predicted molar refractivity (Wildman–Crippen MR) is 102 cm³/mol. The molecule has 1 aliphatic rings. The van der Waals surface area contributed by atoms with Crippen molar-refractivity contribution in [1.29, 1.82) is 0 Å². The number of pyridine rings is 1. The fourth-order valence-electron chi connectivity index (χ4n) is 3.46. The average Bonchev–Trinajstić information content (AvgIpc) is 3.00.